The summed E-state index contributed by atoms with van der Waals surface area (Å²) in [5, 5.41) is 3.33. The van der Waals surface area contributed by atoms with Gasteiger partial charge in [-0.1, -0.05) is 39.7 Å². The van der Waals surface area contributed by atoms with Gasteiger partial charge in [0.1, 0.15) is 11.8 Å². The monoisotopic (exact) mass is 452 g/mol. The fraction of sp³-hybridized carbons (Fsp3) is 0.300. The van der Waals surface area contributed by atoms with E-state index in [9.17, 15) is 9.59 Å². The Morgan fingerprint density at radius 2 is 1.93 bits per heavy atom. The molecule has 2 rings (SSSR count). The van der Waals surface area contributed by atoms with Crippen LogP contribution in [-0.2, 0) is 16.1 Å². The van der Waals surface area contributed by atoms with Gasteiger partial charge in [0.2, 0.25) is 5.91 Å². The SMILES string of the molecule is CCNC(=O)[C@H](C)N(Cc1cccc(Cl)c1)C(=O)COc1ccc(Br)cc1. The minimum atomic E-state index is -0.634. The number of carbonyl (C=O) groups is 2. The molecule has 144 valence electrons. The molecular weight excluding hydrogens is 432 g/mol. The van der Waals surface area contributed by atoms with Crippen LogP contribution in [0, 0.1) is 0 Å². The van der Waals surface area contributed by atoms with Gasteiger partial charge >= 0.3 is 0 Å². The highest BCUT2D eigenvalue weighted by Crippen LogP contribution is 2.18. The van der Waals surface area contributed by atoms with Gasteiger partial charge in [0.05, 0.1) is 0 Å². The van der Waals surface area contributed by atoms with Crippen molar-refractivity contribution in [2.75, 3.05) is 13.2 Å². The van der Waals surface area contributed by atoms with Gasteiger partial charge in [-0.15, -0.1) is 0 Å². The molecule has 0 spiro atoms. The van der Waals surface area contributed by atoms with Crippen molar-refractivity contribution in [3.05, 3.63) is 63.6 Å². The lowest BCUT2D eigenvalue weighted by atomic mass is 10.1. The Balaban J connectivity index is 2.12. The molecule has 1 N–H and O–H groups in total. The number of ether oxygens (including phenoxy) is 1. The third kappa shape index (κ3) is 6.56. The highest BCUT2D eigenvalue weighted by molar-refractivity contribution is 9.10. The summed E-state index contributed by atoms with van der Waals surface area (Å²) in [5.41, 5.74) is 0.843. The van der Waals surface area contributed by atoms with Gasteiger partial charge in [-0.05, 0) is 55.8 Å². The Kier molecular flexibility index (Phi) is 8.13. The van der Waals surface area contributed by atoms with Gasteiger partial charge in [-0.2, -0.15) is 0 Å². The third-order valence-electron chi connectivity index (χ3n) is 3.94. The lowest BCUT2D eigenvalue weighted by Crippen LogP contribution is -2.49. The first-order valence-electron chi connectivity index (χ1n) is 8.60. The van der Waals surface area contributed by atoms with E-state index in [1.54, 1.807) is 31.2 Å². The predicted octanol–water partition coefficient (Wildman–Crippen LogP) is 4.03. The number of rotatable bonds is 8. The average Bonchev–Trinajstić information content (AvgIpc) is 2.65. The van der Waals surface area contributed by atoms with Gasteiger partial charge in [0, 0.05) is 22.6 Å². The van der Waals surface area contributed by atoms with Crippen molar-refractivity contribution in [3.8, 4) is 5.75 Å². The summed E-state index contributed by atoms with van der Waals surface area (Å²) < 4.78 is 6.51. The fourth-order valence-corrected chi connectivity index (χ4v) is 2.97. The van der Waals surface area contributed by atoms with E-state index in [0.717, 1.165) is 10.0 Å². The number of nitrogens with zero attached hydrogens (tertiary/aromatic N) is 1. The molecule has 1 atom stereocenters. The highest BCUT2D eigenvalue weighted by Gasteiger charge is 2.26. The van der Waals surface area contributed by atoms with Crippen molar-refractivity contribution in [1.29, 1.82) is 0 Å². The predicted molar refractivity (Wildman–Crippen MR) is 110 cm³/mol. The minimum Gasteiger partial charge on any atom is -0.484 e. The van der Waals surface area contributed by atoms with Crippen LogP contribution in [0.4, 0.5) is 0 Å². The van der Waals surface area contributed by atoms with Crippen LogP contribution in [0.5, 0.6) is 5.75 Å². The molecule has 0 saturated heterocycles. The van der Waals surface area contributed by atoms with Crippen LogP contribution in [0.15, 0.2) is 53.0 Å². The van der Waals surface area contributed by atoms with E-state index < -0.39 is 6.04 Å². The number of benzene rings is 2. The molecule has 0 aliphatic heterocycles. The Morgan fingerprint density at radius 3 is 2.56 bits per heavy atom. The molecule has 0 aliphatic rings. The van der Waals surface area contributed by atoms with Crippen LogP contribution < -0.4 is 10.1 Å². The topological polar surface area (TPSA) is 58.6 Å². The number of hydrogen-bond acceptors (Lipinski definition) is 3. The smallest absolute Gasteiger partial charge is 0.261 e. The summed E-state index contributed by atoms with van der Waals surface area (Å²) >= 11 is 9.40. The van der Waals surface area contributed by atoms with E-state index in [0.29, 0.717) is 17.3 Å². The normalized spacial score (nSPS) is 11.6. The summed E-state index contributed by atoms with van der Waals surface area (Å²) in [6.45, 7) is 4.14. The van der Waals surface area contributed by atoms with Crippen molar-refractivity contribution < 1.29 is 14.3 Å². The summed E-state index contributed by atoms with van der Waals surface area (Å²) in [7, 11) is 0. The number of carbonyl (C=O) groups excluding carboxylic acids is 2. The van der Waals surface area contributed by atoms with Gasteiger partial charge in [0.25, 0.3) is 5.91 Å². The van der Waals surface area contributed by atoms with Gasteiger partial charge in [-0.25, -0.2) is 0 Å². The zero-order chi connectivity index (χ0) is 19.8. The van der Waals surface area contributed by atoms with E-state index in [4.69, 9.17) is 16.3 Å². The molecule has 0 saturated carbocycles. The maximum absolute atomic E-state index is 12.8. The first-order valence-corrected chi connectivity index (χ1v) is 9.77. The van der Waals surface area contributed by atoms with Crippen LogP contribution in [0.3, 0.4) is 0 Å². The van der Waals surface area contributed by atoms with Crippen molar-refractivity contribution in [2.45, 2.75) is 26.4 Å². The molecule has 7 heteroatoms. The molecule has 0 radical (unpaired) electrons. The van der Waals surface area contributed by atoms with Crippen molar-refractivity contribution in [1.82, 2.24) is 10.2 Å². The molecule has 0 aliphatic carbocycles. The molecule has 2 amide bonds. The molecule has 5 nitrogen and oxygen atoms in total. The van der Waals surface area contributed by atoms with E-state index in [1.165, 1.54) is 4.90 Å². The Morgan fingerprint density at radius 1 is 1.22 bits per heavy atom. The van der Waals surface area contributed by atoms with E-state index >= 15 is 0 Å². The van der Waals surface area contributed by atoms with Crippen LogP contribution in [0.25, 0.3) is 0 Å². The Labute approximate surface area is 172 Å². The van der Waals surface area contributed by atoms with Crippen molar-refractivity contribution in [2.24, 2.45) is 0 Å². The second kappa shape index (κ2) is 10.3. The van der Waals surface area contributed by atoms with Crippen LogP contribution in [0.1, 0.15) is 19.4 Å². The summed E-state index contributed by atoms with van der Waals surface area (Å²) in [6, 6.07) is 13.8. The molecular formula is C20H22BrClN2O3. The number of likely N-dealkylation sites (N-methyl/N-ethyl adjacent to an activating group) is 1. The maximum Gasteiger partial charge on any atom is 0.261 e. The lowest BCUT2D eigenvalue weighted by Gasteiger charge is -2.28. The molecule has 0 fully saturated rings. The van der Waals surface area contributed by atoms with Crippen molar-refractivity contribution in [3.63, 3.8) is 0 Å². The van der Waals surface area contributed by atoms with Crippen LogP contribution >= 0.6 is 27.5 Å². The van der Waals surface area contributed by atoms with Gasteiger partial charge < -0.3 is 15.0 Å². The molecule has 2 aromatic rings. The number of hydrogen-bond donors (Lipinski definition) is 1. The van der Waals surface area contributed by atoms with Crippen LogP contribution in [-0.4, -0.2) is 35.9 Å². The zero-order valence-electron chi connectivity index (χ0n) is 15.2. The highest BCUT2D eigenvalue weighted by atomic mass is 79.9. The molecule has 0 heterocycles. The molecule has 0 aromatic heterocycles. The Bertz CT molecular complexity index is 783. The van der Waals surface area contributed by atoms with Crippen molar-refractivity contribution >= 4 is 39.3 Å². The van der Waals surface area contributed by atoms with E-state index in [2.05, 4.69) is 21.2 Å². The lowest BCUT2D eigenvalue weighted by molar-refractivity contribution is -0.142. The summed E-state index contributed by atoms with van der Waals surface area (Å²) in [6.07, 6.45) is 0. The standard InChI is InChI=1S/C20H22BrClN2O3/c1-3-23-20(26)14(2)24(12-15-5-4-6-17(22)11-15)19(25)13-27-18-9-7-16(21)8-10-18/h4-11,14H,3,12-13H2,1-2H3,(H,23,26)/t14-/m0/s1. The third-order valence-corrected chi connectivity index (χ3v) is 4.70. The number of halogens is 2. The van der Waals surface area contributed by atoms with Gasteiger partial charge in [0.15, 0.2) is 6.61 Å². The second-order valence-corrected chi connectivity index (χ2v) is 7.32. The van der Waals surface area contributed by atoms with E-state index in [-0.39, 0.29) is 25.0 Å². The molecule has 0 unspecified atom stereocenters. The largest absolute Gasteiger partial charge is 0.484 e. The number of amides is 2. The number of nitrogens with one attached hydrogen (secondary N) is 1. The molecule has 27 heavy (non-hydrogen) atoms. The average molecular weight is 454 g/mol. The van der Waals surface area contributed by atoms with Gasteiger partial charge in [-0.3, -0.25) is 9.59 Å². The summed E-state index contributed by atoms with van der Waals surface area (Å²) in [4.78, 5) is 26.6. The second-order valence-electron chi connectivity index (χ2n) is 5.96. The molecule has 0 bridgehead atoms. The van der Waals surface area contributed by atoms with Crippen LogP contribution in [0.2, 0.25) is 5.02 Å². The van der Waals surface area contributed by atoms with E-state index in [1.807, 2.05) is 31.2 Å². The Hall–Kier alpha value is -2.05. The summed E-state index contributed by atoms with van der Waals surface area (Å²) in [5.74, 6) is 0.0908. The quantitative estimate of drug-likeness (QED) is 0.656. The fourth-order valence-electron chi connectivity index (χ4n) is 2.50. The first-order chi connectivity index (χ1) is 12.9. The first kappa shape index (κ1) is 21.3. The molecule has 2 aromatic carbocycles. The zero-order valence-corrected chi connectivity index (χ0v) is 17.6. The minimum absolute atomic E-state index is 0.161. The maximum atomic E-state index is 12.8.